The topological polar surface area (TPSA) is 60.0 Å². The predicted molar refractivity (Wildman–Crippen MR) is 81.7 cm³/mol. The maximum absolute atomic E-state index is 12.5. The molecule has 3 rings (SSSR count). The van der Waals surface area contributed by atoms with E-state index in [-0.39, 0.29) is 17.9 Å². The molecule has 126 valence electrons. The summed E-state index contributed by atoms with van der Waals surface area (Å²) < 4.78 is 16.5. The van der Waals surface area contributed by atoms with Crippen molar-refractivity contribution >= 4 is 5.91 Å². The second-order valence-corrected chi connectivity index (χ2v) is 6.56. The van der Waals surface area contributed by atoms with Crippen molar-refractivity contribution < 1.29 is 19.0 Å². The van der Waals surface area contributed by atoms with Gasteiger partial charge >= 0.3 is 0 Å². The van der Waals surface area contributed by atoms with E-state index in [1.165, 1.54) is 0 Å². The van der Waals surface area contributed by atoms with E-state index in [1.807, 2.05) is 0 Å². The van der Waals surface area contributed by atoms with E-state index in [0.29, 0.717) is 25.9 Å². The second kappa shape index (κ2) is 8.24. The van der Waals surface area contributed by atoms with Crippen LogP contribution in [-0.2, 0) is 19.0 Å². The number of nitrogens with zero attached hydrogens (tertiary/aromatic N) is 1. The first-order valence-electron chi connectivity index (χ1n) is 8.61. The molecule has 0 aromatic rings. The van der Waals surface area contributed by atoms with Crippen LogP contribution in [-0.4, -0.2) is 75.6 Å². The number of piperidine rings is 1. The highest BCUT2D eigenvalue weighted by Gasteiger charge is 2.29. The summed E-state index contributed by atoms with van der Waals surface area (Å²) in [4.78, 5) is 14.8. The summed E-state index contributed by atoms with van der Waals surface area (Å²) in [6.07, 6.45) is 4.11. The van der Waals surface area contributed by atoms with Crippen molar-refractivity contribution in [2.75, 3.05) is 52.7 Å². The van der Waals surface area contributed by atoms with Gasteiger partial charge in [-0.25, -0.2) is 0 Å². The zero-order valence-electron chi connectivity index (χ0n) is 13.3. The summed E-state index contributed by atoms with van der Waals surface area (Å²) >= 11 is 0. The number of ether oxygens (including phenoxy) is 3. The quantitative estimate of drug-likeness (QED) is 0.815. The van der Waals surface area contributed by atoms with Crippen LogP contribution in [0.4, 0.5) is 0 Å². The fourth-order valence-corrected chi connectivity index (χ4v) is 3.53. The summed E-state index contributed by atoms with van der Waals surface area (Å²) in [6.45, 7) is 6.37. The van der Waals surface area contributed by atoms with Crippen LogP contribution in [0.3, 0.4) is 0 Å². The van der Waals surface area contributed by atoms with Gasteiger partial charge in [0.05, 0.1) is 31.8 Å². The molecule has 1 amide bonds. The van der Waals surface area contributed by atoms with Crippen molar-refractivity contribution in [1.82, 2.24) is 10.2 Å². The van der Waals surface area contributed by atoms with E-state index in [0.717, 1.165) is 58.5 Å². The Kier molecular flexibility index (Phi) is 6.06. The van der Waals surface area contributed by atoms with Gasteiger partial charge < -0.3 is 19.5 Å². The van der Waals surface area contributed by atoms with Crippen LogP contribution in [0, 0.1) is 5.92 Å². The van der Waals surface area contributed by atoms with E-state index >= 15 is 0 Å². The number of likely N-dealkylation sites (tertiary alicyclic amines) is 1. The molecular formula is C16H28N2O4. The van der Waals surface area contributed by atoms with Crippen LogP contribution in [0.2, 0.25) is 0 Å². The lowest BCUT2D eigenvalue weighted by molar-refractivity contribution is -0.129. The van der Waals surface area contributed by atoms with Crippen molar-refractivity contribution in [2.24, 2.45) is 5.92 Å². The maximum atomic E-state index is 12.5. The van der Waals surface area contributed by atoms with Gasteiger partial charge in [0.15, 0.2) is 0 Å². The molecular weight excluding hydrogens is 284 g/mol. The Morgan fingerprint density at radius 2 is 1.95 bits per heavy atom. The normalized spacial score (nSPS) is 31.8. The summed E-state index contributed by atoms with van der Waals surface area (Å²) in [6, 6.07) is 0.298. The first kappa shape index (κ1) is 16.2. The number of carbonyl (C=O) groups excluding carboxylic acids is 1. The fourth-order valence-electron chi connectivity index (χ4n) is 3.53. The predicted octanol–water partition coefficient (Wildman–Crippen LogP) is 0.409. The van der Waals surface area contributed by atoms with Crippen molar-refractivity contribution in [3.8, 4) is 0 Å². The molecule has 6 heteroatoms. The monoisotopic (exact) mass is 312 g/mol. The van der Waals surface area contributed by atoms with Gasteiger partial charge in [0.1, 0.15) is 0 Å². The summed E-state index contributed by atoms with van der Waals surface area (Å²) in [7, 11) is 0. The van der Waals surface area contributed by atoms with Gasteiger partial charge in [-0.1, -0.05) is 0 Å². The Morgan fingerprint density at radius 3 is 2.73 bits per heavy atom. The van der Waals surface area contributed by atoms with Gasteiger partial charge in [-0.15, -0.1) is 0 Å². The number of rotatable bonds is 4. The number of amides is 1. The van der Waals surface area contributed by atoms with E-state index in [2.05, 4.69) is 10.2 Å². The lowest BCUT2D eigenvalue weighted by Gasteiger charge is -2.36. The zero-order chi connectivity index (χ0) is 15.2. The van der Waals surface area contributed by atoms with Crippen LogP contribution in [0.25, 0.3) is 0 Å². The Morgan fingerprint density at radius 1 is 1.09 bits per heavy atom. The molecule has 3 aliphatic heterocycles. The van der Waals surface area contributed by atoms with Crippen molar-refractivity contribution in [2.45, 2.75) is 37.8 Å². The van der Waals surface area contributed by atoms with Crippen molar-refractivity contribution in [3.63, 3.8) is 0 Å². The molecule has 3 heterocycles. The molecule has 0 saturated carbocycles. The molecule has 0 aromatic carbocycles. The van der Waals surface area contributed by atoms with Crippen molar-refractivity contribution in [1.29, 1.82) is 0 Å². The summed E-state index contributed by atoms with van der Waals surface area (Å²) in [5.41, 5.74) is 0. The third-order valence-electron chi connectivity index (χ3n) is 4.79. The molecule has 2 atom stereocenters. The Bertz CT molecular complexity index is 354. The number of hydrogen-bond acceptors (Lipinski definition) is 5. The SMILES string of the molecule is O=C(NC1CCOCC1)C1CCCN(CC2COCCO2)C1. The Labute approximate surface area is 132 Å². The molecule has 0 aliphatic carbocycles. The number of carbonyl (C=O) groups is 1. The molecule has 1 N–H and O–H groups in total. The minimum atomic E-state index is 0.112. The molecule has 6 nitrogen and oxygen atoms in total. The number of nitrogens with one attached hydrogen (secondary N) is 1. The van der Waals surface area contributed by atoms with Crippen LogP contribution < -0.4 is 5.32 Å². The highest BCUT2D eigenvalue weighted by Crippen LogP contribution is 2.19. The smallest absolute Gasteiger partial charge is 0.224 e. The van der Waals surface area contributed by atoms with Gasteiger partial charge in [0.2, 0.25) is 5.91 Å². The minimum absolute atomic E-state index is 0.112. The van der Waals surface area contributed by atoms with Gasteiger partial charge in [-0.2, -0.15) is 0 Å². The summed E-state index contributed by atoms with van der Waals surface area (Å²) in [5.74, 6) is 0.332. The lowest BCUT2D eigenvalue weighted by Crippen LogP contribution is -2.49. The van der Waals surface area contributed by atoms with Crippen LogP contribution in [0.1, 0.15) is 25.7 Å². The second-order valence-electron chi connectivity index (χ2n) is 6.56. The molecule has 0 spiro atoms. The highest BCUT2D eigenvalue weighted by molar-refractivity contribution is 5.79. The third kappa shape index (κ3) is 4.65. The largest absolute Gasteiger partial charge is 0.381 e. The average molecular weight is 312 g/mol. The number of hydrogen-bond donors (Lipinski definition) is 1. The van der Waals surface area contributed by atoms with Gasteiger partial charge in [-0.3, -0.25) is 9.69 Å². The molecule has 0 radical (unpaired) electrons. The lowest BCUT2D eigenvalue weighted by atomic mass is 9.96. The Hall–Kier alpha value is -0.690. The molecule has 3 saturated heterocycles. The molecule has 3 fully saturated rings. The fraction of sp³-hybridized carbons (Fsp3) is 0.938. The standard InChI is InChI=1S/C16H28N2O4/c19-16(17-14-3-6-20-7-4-14)13-2-1-5-18(10-13)11-15-12-21-8-9-22-15/h13-15H,1-12H2,(H,17,19). The molecule has 22 heavy (non-hydrogen) atoms. The average Bonchev–Trinajstić information content (AvgIpc) is 2.57. The van der Waals surface area contributed by atoms with Crippen molar-refractivity contribution in [3.05, 3.63) is 0 Å². The van der Waals surface area contributed by atoms with E-state index in [9.17, 15) is 4.79 Å². The highest BCUT2D eigenvalue weighted by atomic mass is 16.6. The third-order valence-corrected chi connectivity index (χ3v) is 4.79. The van der Waals surface area contributed by atoms with Gasteiger partial charge in [0, 0.05) is 32.3 Å². The maximum Gasteiger partial charge on any atom is 0.224 e. The van der Waals surface area contributed by atoms with Crippen LogP contribution in [0.5, 0.6) is 0 Å². The minimum Gasteiger partial charge on any atom is -0.381 e. The van der Waals surface area contributed by atoms with Crippen LogP contribution in [0.15, 0.2) is 0 Å². The van der Waals surface area contributed by atoms with E-state index < -0.39 is 0 Å². The first-order chi connectivity index (χ1) is 10.8. The van der Waals surface area contributed by atoms with Crippen LogP contribution >= 0.6 is 0 Å². The molecule has 2 unspecified atom stereocenters. The first-order valence-corrected chi connectivity index (χ1v) is 8.61. The molecule has 0 aromatic heterocycles. The Balaban J connectivity index is 1.43. The van der Waals surface area contributed by atoms with Gasteiger partial charge in [-0.05, 0) is 32.2 Å². The van der Waals surface area contributed by atoms with Gasteiger partial charge in [0.25, 0.3) is 0 Å². The molecule has 3 aliphatic rings. The molecule has 0 bridgehead atoms. The summed E-state index contributed by atoms with van der Waals surface area (Å²) in [5, 5.41) is 3.21. The van der Waals surface area contributed by atoms with E-state index in [4.69, 9.17) is 14.2 Å². The zero-order valence-corrected chi connectivity index (χ0v) is 13.3. The van der Waals surface area contributed by atoms with E-state index in [1.54, 1.807) is 0 Å².